The zero-order valence-electron chi connectivity index (χ0n) is 14.0. The standard InChI is InChI=1S/C21H20OS3/c1-25(22)21(18-11-6-3-7-12-18)19-13-8-14-20(15-19)24-23-16-17-9-4-2-5-10-17/h2-15,21H,16H2,1H3. The summed E-state index contributed by atoms with van der Waals surface area (Å²) in [5.41, 5.74) is 3.53. The first-order valence-electron chi connectivity index (χ1n) is 8.04. The minimum absolute atomic E-state index is 0.0825. The fourth-order valence-corrected chi connectivity index (χ4v) is 5.89. The highest BCUT2D eigenvalue weighted by molar-refractivity contribution is 8.76. The van der Waals surface area contributed by atoms with Gasteiger partial charge in [0.2, 0.25) is 0 Å². The molecule has 25 heavy (non-hydrogen) atoms. The van der Waals surface area contributed by atoms with E-state index in [9.17, 15) is 4.21 Å². The van der Waals surface area contributed by atoms with Crippen LogP contribution in [0.5, 0.6) is 0 Å². The first-order chi connectivity index (χ1) is 12.2. The zero-order valence-corrected chi connectivity index (χ0v) is 16.4. The molecule has 1 nitrogen and oxygen atoms in total. The molecule has 0 N–H and O–H groups in total. The van der Waals surface area contributed by atoms with Gasteiger partial charge in [-0.1, -0.05) is 94.4 Å². The number of hydrogen-bond donors (Lipinski definition) is 0. The molecule has 0 bridgehead atoms. The van der Waals surface area contributed by atoms with E-state index in [2.05, 4.69) is 60.7 Å². The maximum Gasteiger partial charge on any atom is 0.0844 e. The summed E-state index contributed by atoms with van der Waals surface area (Å²) in [5.74, 6) is 0.970. The van der Waals surface area contributed by atoms with Gasteiger partial charge in [-0.3, -0.25) is 4.21 Å². The SMILES string of the molecule is CS(=O)C(c1ccccc1)c1cccc(SSCc2ccccc2)c1. The van der Waals surface area contributed by atoms with Crippen molar-refractivity contribution in [2.24, 2.45) is 0 Å². The highest BCUT2D eigenvalue weighted by Crippen LogP contribution is 2.36. The van der Waals surface area contributed by atoms with Crippen LogP contribution < -0.4 is 0 Å². The summed E-state index contributed by atoms with van der Waals surface area (Å²) >= 11 is 0. The topological polar surface area (TPSA) is 17.1 Å². The largest absolute Gasteiger partial charge is 0.259 e. The van der Waals surface area contributed by atoms with E-state index in [1.54, 1.807) is 17.0 Å². The van der Waals surface area contributed by atoms with Crippen molar-refractivity contribution in [3.05, 3.63) is 102 Å². The van der Waals surface area contributed by atoms with Crippen molar-refractivity contribution in [2.45, 2.75) is 15.9 Å². The average molecular weight is 385 g/mol. The van der Waals surface area contributed by atoms with Crippen LogP contribution in [0.25, 0.3) is 0 Å². The lowest BCUT2D eigenvalue weighted by Gasteiger charge is -2.16. The third kappa shape index (κ3) is 5.24. The molecule has 0 amide bonds. The Hall–Kier alpha value is -1.49. The van der Waals surface area contributed by atoms with Gasteiger partial charge >= 0.3 is 0 Å². The molecule has 128 valence electrons. The van der Waals surface area contributed by atoms with Crippen LogP contribution in [-0.4, -0.2) is 10.5 Å². The van der Waals surface area contributed by atoms with E-state index in [0.29, 0.717) is 0 Å². The smallest absolute Gasteiger partial charge is 0.0844 e. The molecule has 0 fully saturated rings. The van der Waals surface area contributed by atoms with Crippen LogP contribution in [0.1, 0.15) is 21.9 Å². The third-order valence-corrected chi connectivity index (χ3v) is 7.33. The summed E-state index contributed by atoms with van der Waals surface area (Å²) in [6.07, 6.45) is 1.78. The lowest BCUT2D eigenvalue weighted by molar-refractivity contribution is 0.682. The molecule has 0 spiro atoms. The maximum absolute atomic E-state index is 12.4. The number of benzene rings is 3. The number of hydrogen-bond acceptors (Lipinski definition) is 3. The van der Waals surface area contributed by atoms with Crippen molar-refractivity contribution in [3.8, 4) is 0 Å². The predicted octanol–water partition coefficient (Wildman–Crippen LogP) is 6.10. The van der Waals surface area contributed by atoms with Crippen LogP contribution in [0.15, 0.2) is 89.8 Å². The Morgan fingerprint density at radius 2 is 1.48 bits per heavy atom. The van der Waals surface area contributed by atoms with E-state index in [4.69, 9.17) is 0 Å². The van der Waals surface area contributed by atoms with Gasteiger partial charge in [0, 0.05) is 27.7 Å². The lowest BCUT2D eigenvalue weighted by atomic mass is 10.0. The molecule has 0 heterocycles. The highest BCUT2D eigenvalue weighted by atomic mass is 33.1. The fraction of sp³-hybridized carbons (Fsp3) is 0.143. The molecule has 4 heteroatoms. The van der Waals surface area contributed by atoms with Gasteiger partial charge in [-0.15, -0.1) is 0 Å². The molecular weight excluding hydrogens is 364 g/mol. The Kier molecular flexibility index (Phi) is 6.79. The first-order valence-corrected chi connectivity index (χ1v) is 12.0. The molecule has 2 atom stereocenters. The monoisotopic (exact) mass is 384 g/mol. The molecular formula is C21H20OS3. The van der Waals surface area contributed by atoms with Crippen molar-refractivity contribution < 1.29 is 4.21 Å². The zero-order chi connectivity index (χ0) is 17.5. The summed E-state index contributed by atoms with van der Waals surface area (Å²) < 4.78 is 12.4. The molecule has 0 radical (unpaired) electrons. The summed E-state index contributed by atoms with van der Waals surface area (Å²) in [6, 6.07) is 29.0. The molecule has 3 rings (SSSR count). The molecule has 3 aromatic carbocycles. The van der Waals surface area contributed by atoms with Gasteiger partial charge in [-0.2, -0.15) is 0 Å². The summed E-state index contributed by atoms with van der Waals surface area (Å²) in [5, 5.41) is -0.0825. The van der Waals surface area contributed by atoms with Gasteiger partial charge in [-0.25, -0.2) is 0 Å². The first kappa shape index (κ1) is 18.3. The van der Waals surface area contributed by atoms with Crippen LogP contribution in [0.3, 0.4) is 0 Å². The van der Waals surface area contributed by atoms with E-state index in [1.165, 1.54) is 10.5 Å². The lowest BCUT2D eigenvalue weighted by Crippen LogP contribution is -2.06. The van der Waals surface area contributed by atoms with Gasteiger partial charge in [0.15, 0.2) is 0 Å². The van der Waals surface area contributed by atoms with Crippen LogP contribution in [0.4, 0.5) is 0 Å². The van der Waals surface area contributed by atoms with Crippen molar-refractivity contribution >= 4 is 32.4 Å². The van der Waals surface area contributed by atoms with Crippen molar-refractivity contribution in [3.63, 3.8) is 0 Å². The molecule has 0 aliphatic carbocycles. The molecule has 0 aromatic heterocycles. The van der Waals surface area contributed by atoms with E-state index < -0.39 is 10.8 Å². The fourth-order valence-electron chi connectivity index (χ4n) is 2.67. The van der Waals surface area contributed by atoms with Gasteiger partial charge in [0.1, 0.15) is 0 Å². The third-order valence-electron chi connectivity index (χ3n) is 3.82. The average Bonchev–Trinajstić information content (AvgIpc) is 2.64. The normalized spacial score (nSPS) is 13.3. The highest BCUT2D eigenvalue weighted by Gasteiger charge is 2.18. The Morgan fingerprint density at radius 1 is 0.840 bits per heavy atom. The van der Waals surface area contributed by atoms with Crippen LogP contribution >= 0.6 is 21.6 Å². The quantitative estimate of drug-likeness (QED) is 0.459. The summed E-state index contributed by atoms with van der Waals surface area (Å²) in [7, 11) is 2.63. The number of rotatable bonds is 7. The Labute approximate surface area is 160 Å². The Morgan fingerprint density at radius 3 is 2.16 bits per heavy atom. The minimum Gasteiger partial charge on any atom is -0.259 e. The van der Waals surface area contributed by atoms with Gasteiger partial charge < -0.3 is 0 Å². The van der Waals surface area contributed by atoms with Gasteiger partial charge in [-0.05, 0) is 28.8 Å². The van der Waals surface area contributed by atoms with Crippen molar-refractivity contribution in [1.82, 2.24) is 0 Å². The van der Waals surface area contributed by atoms with E-state index >= 15 is 0 Å². The Bertz CT molecular complexity index is 819. The molecule has 0 aliphatic heterocycles. The predicted molar refractivity (Wildman–Crippen MR) is 112 cm³/mol. The molecule has 2 unspecified atom stereocenters. The second-order valence-corrected chi connectivity index (χ2v) is 9.53. The second kappa shape index (κ2) is 9.27. The molecule has 0 aliphatic rings. The molecule has 0 saturated heterocycles. The summed E-state index contributed by atoms with van der Waals surface area (Å²) in [4.78, 5) is 1.20. The van der Waals surface area contributed by atoms with Crippen LogP contribution in [0.2, 0.25) is 0 Å². The van der Waals surface area contributed by atoms with Crippen LogP contribution in [0, 0.1) is 0 Å². The van der Waals surface area contributed by atoms with E-state index in [1.807, 2.05) is 35.1 Å². The van der Waals surface area contributed by atoms with Gasteiger partial charge in [0.25, 0.3) is 0 Å². The molecule has 0 saturated carbocycles. The van der Waals surface area contributed by atoms with E-state index in [-0.39, 0.29) is 5.25 Å². The summed E-state index contributed by atoms with van der Waals surface area (Å²) in [6.45, 7) is 0. The van der Waals surface area contributed by atoms with Crippen molar-refractivity contribution in [1.29, 1.82) is 0 Å². The Balaban J connectivity index is 1.72. The minimum atomic E-state index is -0.965. The maximum atomic E-state index is 12.4. The molecule has 3 aromatic rings. The van der Waals surface area contributed by atoms with Gasteiger partial charge in [0.05, 0.1) is 5.25 Å². The van der Waals surface area contributed by atoms with E-state index in [0.717, 1.165) is 16.9 Å². The van der Waals surface area contributed by atoms with Crippen molar-refractivity contribution in [2.75, 3.05) is 6.26 Å². The van der Waals surface area contributed by atoms with Crippen LogP contribution in [-0.2, 0) is 16.6 Å². The second-order valence-electron chi connectivity index (χ2n) is 5.69.